The largest absolute Gasteiger partial charge is 0.123 e. The fraction of sp³-hybridized carbons (Fsp3) is 1.00. The third-order valence-electron chi connectivity index (χ3n) is 2.26. The third-order valence-corrected chi connectivity index (χ3v) is 2.83. The van der Waals surface area contributed by atoms with Gasteiger partial charge < -0.3 is 0 Å². The molecule has 0 bridgehead atoms. The minimum Gasteiger partial charge on any atom is -0.123 e. The van der Waals surface area contributed by atoms with Crippen LogP contribution in [0.1, 0.15) is 52.9 Å². The lowest BCUT2D eigenvalue weighted by Gasteiger charge is -2.19. The second-order valence-electron chi connectivity index (χ2n) is 3.26. The van der Waals surface area contributed by atoms with Crippen molar-refractivity contribution < 1.29 is 0 Å². The first-order valence-electron chi connectivity index (χ1n) is 4.90. The van der Waals surface area contributed by atoms with E-state index in [1.807, 2.05) is 0 Å². The molecule has 0 aromatic heterocycles. The van der Waals surface area contributed by atoms with Gasteiger partial charge in [-0.2, -0.15) is 0 Å². The molecule has 0 aliphatic carbocycles. The summed E-state index contributed by atoms with van der Waals surface area (Å²) in [5, 5.41) is 0.421. The Bertz CT molecular complexity index is 80.9. The summed E-state index contributed by atoms with van der Waals surface area (Å²) in [6.07, 6.45) is 6.20. The van der Waals surface area contributed by atoms with E-state index in [4.69, 9.17) is 11.6 Å². The van der Waals surface area contributed by atoms with Crippen molar-refractivity contribution in [3.05, 3.63) is 0 Å². The average molecular weight is 177 g/mol. The van der Waals surface area contributed by atoms with Gasteiger partial charge in [-0.15, -0.1) is 11.6 Å². The molecule has 0 rings (SSSR count). The Kier molecular flexibility index (Phi) is 7.15. The predicted octanol–water partition coefficient (Wildman–Crippen LogP) is 4.22. The van der Waals surface area contributed by atoms with Crippen molar-refractivity contribution in [1.82, 2.24) is 0 Å². The Morgan fingerprint density at radius 2 is 1.55 bits per heavy atom. The van der Waals surface area contributed by atoms with Gasteiger partial charge in [0.05, 0.1) is 0 Å². The van der Waals surface area contributed by atoms with Crippen LogP contribution in [0.3, 0.4) is 0 Å². The van der Waals surface area contributed by atoms with Crippen LogP contribution in [0.2, 0.25) is 0 Å². The lowest BCUT2D eigenvalue weighted by Crippen LogP contribution is -2.13. The minimum atomic E-state index is 0.421. The second-order valence-corrected chi connectivity index (χ2v) is 3.82. The van der Waals surface area contributed by atoms with Gasteiger partial charge in [0, 0.05) is 5.38 Å². The van der Waals surface area contributed by atoms with Gasteiger partial charge >= 0.3 is 0 Å². The fourth-order valence-electron chi connectivity index (χ4n) is 1.52. The lowest BCUT2D eigenvalue weighted by atomic mass is 9.94. The quantitative estimate of drug-likeness (QED) is 0.532. The zero-order chi connectivity index (χ0) is 8.69. The minimum absolute atomic E-state index is 0.421. The van der Waals surface area contributed by atoms with Crippen molar-refractivity contribution in [2.24, 2.45) is 5.92 Å². The Morgan fingerprint density at radius 3 is 1.91 bits per heavy atom. The monoisotopic (exact) mass is 176 g/mol. The zero-order valence-electron chi connectivity index (χ0n) is 8.07. The molecule has 2 unspecified atom stereocenters. The van der Waals surface area contributed by atoms with E-state index >= 15 is 0 Å². The first-order chi connectivity index (χ1) is 5.26. The summed E-state index contributed by atoms with van der Waals surface area (Å²) < 4.78 is 0. The number of alkyl halides is 1. The van der Waals surface area contributed by atoms with Crippen LogP contribution < -0.4 is 0 Å². The van der Waals surface area contributed by atoms with Gasteiger partial charge in [0.15, 0.2) is 0 Å². The number of hydrogen-bond donors (Lipinski definition) is 0. The summed E-state index contributed by atoms with van der Waals surface area (Å²) in [6.45, 7) is 6.68. The molecule has 0 radical (unpaired) electrons. The molecule has 0 N–H and O–H groups in total. The predicted molar refractivity (Wildman–Crippen MR) is 53.2 cm³/mol. The smallest absolute Gasteiger partial charge is 0.0364 e. The van der Waals surface area contributed by atoms with E-state index in [0.29, 0.717) is 5.38 Å². The van der Waals surface area contributed by atoms with Gasteiger partial charge in [-0.3, -0.25) is 0 Å². The van der Waals surface area contributed by atoms with Crippen molar-refractivity contribution in [2.75, 3.05) is 0 Å². The Morgan fingerprint density at radius 1 is 1.00 bits per heavy atom. The van der Waals surface area contributed by atoms with E-state index in [-0.39, 0.29) is 0 Å². The molecule has 0 heterocycles. The summed E-state index contributed by atoms with van der Waals surface area (Å²) in [4.78, 5) is 0. The summed E-state index contributed by atoms with van der Waals surface area (Å²) in [7, 11) is 0. The van der Waals surface area contributed by atoms with Crippen molar-refractivity contribution in [3.8, 4) is 0 Å². The second kappa shape index (κ2) is 6.97. The third kappa shape index (κ3) is 4.68. The van der Waals surface area contributed by atoms with Crippen molar-refractivity contribution in [2.45, 2.75) is 58.3 Å². The SMILES string of the molecule is CCCC(Cl)C(CC)CCC. The highest BCUT2D eigenvalue weighted by atomic mass is 35.5. The molecule has 0 fully saturated rings. The van der Waals surface area contributed by atoms with Crippen LogP contribution in [0.4, 0.5) is 0 Å². The van der Waals surface area contributed by atoms with Gasteiger partial charge in [-0.1, -0.05) is 40.0 Å². The lowest BCUT2D eigenvalue weighted by molar-refractivity contribution is 0.424. The van der Waals surface area contributed by atoms with Gasteiger partial charge in [0.1, 0.15) is 0 Å². The summed E-state index contributed by atoms with van der Waals surface area (Å²) in [5.41, 5.74) is 0. The maximum absolute atomic E-state index is 6.23. The molecule has 0 aliphatic heterocycles. The zero-order valence-corrected chi connectivity index (χ0v) is 8.82. The van der Waals surface area contributed by atoms with Crippen LogP contribution in [0.15, 0.2) is 0 Å². The van der Waals surface area contributed by atoms with E-state index in [2.05, 4.69) is 20.8 Å². The molecule has 0 aromatic carbocycles. The highest BCUT2D eigenvalue weighted by molar-refractivity contribution is 6.20. The number of hydrogen-bond acceptors (Lipinski definition) is 0. The highest BCUT2D eigenvalue weighted by Gasteiger charge is 2.14. The van der Waals surface area contributed by atoms with Crippen LogP contribution in [-0.2, 0) is 0 Å². The van der Waals surface area contributed by atoms with Crippen LogP contribution in [0.25, 0.3) is 0 Å². The van der Waals surface area contributed by atoms with Gasteiger partial charge in [-0.25, -0.2) is 0 Å². The number of rotatable bonds is 6. The molecule has 68 valence electrons. The molecule has 0 spiro atoms. The van der Waals surface area contributed by atoms with Gasteiger partial charge in [0.2, 0.25) is 0 Å². The number of halogens is 1. The van der Waals surface area contributed by atoms with Gasteiger partial charge in [-0.05, 0) is 18.8 Å². The molecule has 1 heteroatoms. The Labute approximate surface area is 76.3 Å². The maximum atomic E-state index is 6.23. The van der Waals surface area contributed by atoms with Crippen LogP contribution in [0.5, 0.6) is 0 Å². The van der Waals surface area contributed by atoms with E-state index in [1.54, 1.807) is 0 Å². The molecule has 2 atom stereocenters. The normalized spacial score (nSPS) is 16.4. The topological polar surface area (TPSA) is 0 Å². The highest BCUT2D eigenvalue weighted by Crippen LogP contribution is 2.23. The molecular formula is C10H21Cl. The fourth-order valence-corrected chi connectivity index (χ4v) is 2.05. The molecule has 0 saturated heterocycles. The van der Waals surface area contributed by atoms with E-state index in [0.717, 1.165) is 5.92 Å². The van der Waals surface area contributed by atoms with E-state index in [1.165, 1.54) is 32.1 Å². The maximum Gasteiger partial charge on any atom is 0.0364 e. The summed E-state index contributed by atoms with van der Waals surface area (Å²) >= 11 is 6.23. The Hall–Kier alpha value is 0.290. The first-order valence-corrected chi connectivity index (χ1v) is 5.33. The molecular weight excluding hydrogens is 156 g/mol. The van der Waals surface area contributed by atoms with Crippen molar-refractivity contribution >= 4 is 11.6 Å². The molecule has 11 heavy (non-hydrogen) atoms. The van der Waals surface area contributed by atoms with Gasteiger partial charge in [0.25, 0.3) is 0 Å². The first kappa shape index (κ1) is 11.3. The van der Waals surface area contributed by atoms with Crippen LogP contribution in [-0.4, -0.2) is 5.38 Å². The van der Waals surface area contributed by atoms with Crippen molar-refractivity contribution in [3.63, 3.8) is 0 Å². The summed E-state index contributed by atoms with van der Waals surface area (Å²) in [6, 6.07) is 0. The molecule has 0 saturated carbocycles. The standard InChI is InChI=1S/C10H21Cl/c1-4-7-9(6-3)10(11)8-5-2/h9-10H,4-8H2,1-3H3. The molecule has 0 amide bonds. The Balaban J connectivity index is 3.61. The van der Waals surface area contributed by atoms with E-state index < -0.39 is 0 Å². The van der Waals surface area contributed by atoms with Crippen LogP contribution >= 0.6 is 11.6 Å². The average Bonchev–Trinajstić information content (AvgIpc) is 2.00. The molecule has 0 aliphatic rings. The van der Waals surface area contributed by atoms with Crippen LogP contribution in [0, 0.1) is 5.92 Å². The van der Waals surface area contributed by atoms with E-state index in [9.17, 15) is 0 Å². The summed E-state index contributed by atoms with van der Waals surface area (Å²) in [5.74, 6) is 0.751. The van der Waals surface area contributed by atoms with Crippen molar-refractivity contribution in [1.29, 1.82) is 0 Å². The molecule has 0 aromatic rings. The molecule has 0 nitrogen and oxygen atoms in total.